The maximum absolute atomic E-state index is 12.8. The van der Waals surface area contributed by atoms with Crippen LogP contribution in [0.4, 0.5) is 24.7 Å². The predicted octanol–water partition coefficient (Wildman–Crippen LogP) is 4.76. The van der Waals surface area contributed by atoms with Gasteiger partial charge in [-0.2, -0.15) is 13.2 Å². The summed E-state index contributed by atoms with van der Waals surface area (Å²) in [6.45, 7) is 3.52. The Labute approximate surface area is 159 Å². The van der Waals surface area contributed by atoms with Crippen LogP contribution in [0.3, 0.4) is 0 Å². The highest BCUT2D eigenvalue weighted by Crippen LogP contribution is 2.34. The molecular formula is C18H18ClF3N4O. The molecule has 3 rings (SSSR count). The Kier molecular flexibility index (Phi) is 5.55. The number of carbonyl (C=O) groups is 1. The summed E-state index contributed by atoms with van der Waals surface area (Å²) in [4.78, 5) is 22.3. The van der Waals surface area contributed by atoms with E-state index in [4.69, 9.17) is 11.6 Å². The van der Waals surface area contributed by atoms with Crippen molar-refractivity contribution in [2.75, 3.05) is 18.4 Å². The number of amides is 1. The summed E-state index contributed by atoms with van der Waals surface area (Å²) in [5, 5.41) is 2.82. The van der Waals surface area contributed by atoms with Crippen LogP contribution >= 0.6 is 11.6 Å². The molecule has 0 bridgehead atoms. The average molecular weight is 399 g/mol. The van der Waals surface area contributed by atoms with Crippen molar-refractivity contribution < 1.29 is 18.0 Å². The maximum atomic E-state index is 12.8. The number of benzene rings is 1. The number of anilines is 2. The second-order valence-electron chi connectivity index (χ2n) is 6.58. The SMILES string of the molecule is CC1CCN(C(=O)c2cnc(Nc3cc(C(F)(F)F)ccc3Cl)cn2)CC1. The van der Waals surface area contributed by atoms with Gasteiger partial charge >= 0.3 is 6.18 Å². The molecule has 1 saturated heterocycles. The van der Waals surface area contributed by atoms with Crippen molar-refractivity contribution in [1.29, 1.82) is 0 Å². The molecule has 0 atom stereocenters. The Bertz CT molecular complexity index is 818. The Balaban J connectivity index is 1.72. The van der Waals surface area contributed by atoms with E-state index in [0.29, 0.717) is 19.0 Å². The number of rotatable bonds is 3. The van der Waals surface area contributed by atoms with Crippen molar-refractivity contribution in [2.24, 2.45) is 5.92 Å². The van der Waals surface area contributed by atoms with Gasteiger partial charge in [0.1, 0.15) is 11.5 Å². The van der Waals surface area contributed by atoms with Crippen LogP contribution in [0.2, 0.25) is 5.02 Å². The van der Waals surface area contributed by atoms with E-state index in [9.17, 15) is 18.0 Å². The minimum Gasteiger partial charge on any atom is -0.338 e. The zero-order valence-corrected chi connectivity index (χ0v) is 15.3. The van der Waals surface area contributed by atoms with Crippen molar-refractivity contribution in [1.82, 2.24) is 14.9 Å². The van der Waals surface area contributed by atoms with E-state index >= 15 is 0 Å². The maximum Gasteiger partial charge on any atom is 0.416 e. The largest absolute Gasteiger partial charge is 0.416 e. The number of nitrogens with one attached hydrogen (secondary N) is 1. The molecule has 0 saturated carbocycles. The summed E-state index contributed by atoms with van der Waals surface area (Å²) in [6, 6.07) is 2.97. The van der Waals surface area contributed by atoms with Crippen molar-refractivity contribution in [3.05, 3.63) is 46.9 Å². The lowest BCUT2D eigenvalue weighted by Crippen LogP contribution is -2.38. The fourth-order valence-corrected chi connectivity index (χ4v) is 2.98. The van der Waals surface area contributed by atoms with E-state index in [0.717, 1.165) is 31.0 Å². The highest BCUT2D eigenvalue weighted by Gasteiger charge is 2.31. The van der Waals surface area contributed by atoms with Crippen LogP contribution in [0.15, 0.2) is 30.6 Å². The molecule has 1 amide bonds. The van der Waals surface area contributed by atoms with E-state index in [1.54, 1.807) is 4.90 Å². The minimum atomic E-state index is -4.48. The van der Waals surface area contributed by atoms with E-state index in [1.165, 1.54) is 12.4 Å². The number of aromatic nitrogens is 2. The predicted molar refractivity (Wildman–Crippen MR) is 96.1 cm³/mol. The molecule has 0 radical (unpaired) electrons. The topological polar surface area (TPSA) is 58.1 Å². The van der Waals surface area contributed by atoms with Gasteiger partial charge in [-0.15, -0.1) is 0 Å². The van der Waals surface area contributed by atoms with Gasteiger partial charge in [-0.05, 0) is 37.0 Å². The minimum absolute atomic E-state index is 0.0601. The number of piperidine rings is 1. The van der Waals surface area contributed by atoms with E-state index in [-0.39, 0.29) is 28.1 Å². The summed E-state index contributed by atoms with van der Waals surface area (Å²) in [5.41, 5.74) is -0.566. The summed E-state index contributed by atoms with van der Waals surface area (Å²) >= 11 is 5.95. The molecule has 1 aromatic heterocycles. The van der Waals surface area contributed by atoms with Crippen molar-refractivity contribution in [2.45, 2.75) is 25.9 Å². The first-order valence-corrected chi connectivity index (χ1v) is 8.87. The van der Waals surface area contributed by atoms with Gasteiger partial charge in [-0.1, -0.05) is 18.5 Å². The van der Waals surface area contributed by atoms with Crippen LogP contribution in [-0.2, 0) is 6.18 Å². The van der Waals surface area contributed by atoms with Gasteiger partial charge in [0.05, 0.1) is 28.7 Å². The van der Waals surface area contributed by atoms with Crippen molar-refractivity contribution in [3.63, 3.8) is 0 Å². The molecular weight excluding hydrogens is 381 g/mol. The normalized spacial score (nSPS) is 15.7. The van der Waals surface area contributed by atoms with Crippen LogP contribution in [0.1, 0.15) is 35.8 Å². The van der Waals surface area contributed by atoms with Crippen LogP contribution in [0.5, 0.6) is 0 Å². The van der Waals surface area contributed by atoms with Crippen LogP contribution in [-0.4, -0.2) is 33.9 Å². The monoisotopic (exact) mass is 398 g/mol. The first-order valence-electron chi connectivity index (χ1n) is 8.49. The Morgan fingerprint density at radius 3 is 2.52 bits per heavy atom. The molecule has 0 unspecified atom stereocenters. The summed E-state index contributed by atoms with van der Waals surface area (Å²) < 4.78 is 38.5. The van der Waals surface area contributed by atoms with Crippen molar-refractivity contribution >= 4 is 29.0 Å². The summed E-state index contributed by atoms with van der Waals surface area (Å²) in [5.74, 6) is 0.599. The molecule has 1 N–H and O–H groups in total. The summed E-state index contributed by atoms with van der Waals surface area (Å²) in [7, 11) is 0. The standard InChI is InChI=1S/C18H18ClF3N4O/c1-11-4-6-26(7-5-11)17(27)15-9-24-16(10-23-15)25-14-8-12(18(20,21)22)2-3-13(14)19/h2-3,8-11H,4-7H2,1H3,(H,24,25). The van der Waals surface area contributed by atoms with Gasteiger partial charge in [0, 0.05) is 13.1 Å². The van der Waals surface area contributed by atoms with Gasteiger partial charge in [0.2, 0.25) is 0 Å². The third-order valence-corrected chi connectivity index (χ3v) is 4.83. The number of likely N-dealkylation sites (tertiary alicyclic amines) is 1. The second kappa shape index (κ2) is 7.72. The van der Waals surface area contributed by atoms with E-state index < -0.39 is 11.7 Å². The molecule has 1 fully saturated rings. The zero-order valence-electron chi connectivity index (χ0n) is 14.6. The molecule has 0 spiro atoms. The third-order valence-electron chi connectivity index (χ3n) is 4.50. The highest BCUT2D eigenvalue weighted by molar-refractivity contribution is 6.33. The van der Waals surface area contributed by atoms with Crippen molar-refractivity contribution in [3.8, 4) is 0 Å². The Morgan fingerprint density at radius 1 is 1.22 bits per heavy atom. The smallest absolute Gasteiger partial charge is 0.338 e. The molecule has 2 heterocycles. The lowest BCUT2D eigenvalue weighted by molar-refractivity contribution is -0.137. The van der Waals surface area contributed by atoms with Gasteiger partial charge in [0.25, 0.3) is 5.91 Å². The molecule has 1 aliphatic heterocycles. The van der Waals surface area contributed by atoms with E-state index in [1.807, 2.05) is 0 Å². The first-order chi connectivity index (χ1) is 12.7. The first kappa shape index (κ1) is 19.4. The number of halogens is 4. The van der Waals surface area contributed by atoms with Gasteiger partial charge < -0.3 is 10.2 Å². The van der Waals surface area contributed by atoms with E-state index in [2.05, 4.69) is 22.2 Å². The molecule has 2 aromatic rings. The molecule has 27 heavy (non-hydrogen) atoms. The van der Waals surface area contributed by atoms with Crippen LogP contribution in [0, 0.1) is 5.92 Å². The zero-order chi connectivity index (χ0) is 19.6. The molecule has 0 aliphatic carbocycles. The number of carbonyl (C=O) groups excluding carboxylic acids is 1. The Hall–Kier alpha value is -2.35. The number of alkyl halides is 3. The number of nitrogens with zero attached hydrogens (tertiary/aromatic N) is 3. The fraction of sp³-hybridized carbons (Fsp3) is 0.389. The third kappa shape index (κ3) is 4.68. The van der Waals surface area contributed by atoms with Gasteiger partial charge in [0.15, 0.2) is 0 Å². The van der Waals surface area contributed by atoms with Crippen LogP contribution in [0.25, 0.3) is 0 Å². The van der Waals surface area contributed by atoms with Crippen LogP contribution < -0.4 is 5.32 Å². The summed E-state index contributed by atoms with van der Waals surface area (Å²) in [6.07, 6.45) is 0.0369. The molecule has 5 nitrogen and oxygen atoms in total. The molecule has 1 aliphatic rings. The van der Waals surface area contributed by atoms with Gasteiger partial charge in [-0.25, -0.2) is 9.97 Å². The fourth-order valence-electron chi connectivity index (χ4n) is 2.81. The number of hydrogen-bond acceptors (Lipinski definition) is 4. The Morgan fingerprint density at radius 2 is 1.93 bits per heavy atom. The average Bonchev–Trinajstić information content (AvgIpc) is 2.63. The van der Waals surface area contributed by atoms with Gasteiger partial charge in [-0.3, -0.25) is 4.79 Å². The highest BCUT2D eigenvalue weighted by atomic mass is 35.5. The lowest BCUT2D eigenvalue weighted by Gasteiger charge is -2.29. The second-order valence-corrected chi connectivity index (χ2v) is 6.99. The number of hydrogen-bond donors (Lipinski definition) is 1. The lowest BCUT2D eigenvalue weighted by atomic mass is 9.99. The molecule has 144 valence electrons. The molecule has 9 heteroatoms. The quantitative estimate of drug-likeness (QED) is 0.809. The molecule has 1 aromatic carbocycles.